The highest BCUT2D eigenvalue weighted by atomic mass is 16.6. The Morgan fingerprint density at radius 1 is 1.04 bits per heavy atom. The van der Waals surface area contributed by atoms with Gasteiger partial charge in [0, 0.05) is 24.7 Å². The number of carbonyl (C=O) groups is 2. The first-order valence-corrected chi connectivity index (χ1v) is 9.16. The summed E-state index contributed by atoms with van der Waals surface area (Å²) in [5.41, 5.74) is 0.433. The normalized spacial score (nSPS) is 15.0. The molecule has 1 fully saturated rings. The molecule has 0 atom stereocenters. The molecule has 8 nitrogen and oxygen atoms in total. The van der Waals surface area contributed by atoms with E-state index in [0.717, 1.165) is 25.7 Å². The molecule has 28 heavy (non-hydrogen) atoms. The fourth-order valence-electron chi connectivity index (χ4n) is 3.04. The number of nitrogens with zero attached hydrogens (tertiary/aromatic N) is 2. The fourth-order valence-corrected chi connectivity index (χ4v) is 3.04. The third kappa shape index (κ3) is 4.85. The van der Waals surface area contributed by atoms with Crippen molar-refractivity contribution >= 4 is 23.8 Å². The van der Waals surface area contributed by atoms with Crippen molar-refractivity contribution in [2.45, 2.75) is 25.7 Å². The quantitative estimate of drug-likeness (QED) is 0.484. The first-order chi connectivity index (χ1) is 13.5. The smallest absolute Gasteiger partial charge is 0.401 e. The summed E-state index contributed by atoms with van der Waals surface area (Å²) in [5.74, 6) is -1.07. The van der Waals surface area contributed by atoms with Crippen LogP contribution in [0, 0.1) is 10.1 Å². The SMILES string of the molecule is O=C(NC(=Cc1ccc([N+](=O)[O-])o1)C(=O)N1CCCCCC1)c1ccccc1. The summed E-state index contributed by atoms with van der Waals surface area (Å²) in [6.07, 6.45) is 5.25. The molecule has 0 radical (unpaired) electrons. The second kappa shape index (κ2) is 8.98. The predicted molar refractivity (Wildman–Crippen MR) is 102 cm³/mol. The largest absolute Gasteiger partial charge is 0.433 e. The monoisotopic (exact) mass is 383 g/mol. The molecule has 2 amide bonds. The van der Waals surface area contributed by atoms with E-state index in [1.54, 1.807) is 35.2 Å². The van der Waals surface area contributed by atoms with Crippen molar-refractivity contribution in [1.82, 2.24) is 10.2 Å². The Morgan fingerprint density at radius 3 is 2.32 bits per heavy atom. The summed E-state index contributed by atoms with van der Waals surface area (Å²) in [6.45, 7) is 1.21. The molecule has 3 rings (SSSR count). The molecule has 2 heterocycles. The van der Waals surface area contributed by atoms with Gasteiger partial charge in [0.05, 0.1) is 6.07 Å². The zero-order valence-corrected chi connectivity index (χ0v) is 15.3. The van der Waals surface area contributed by atoms with Crippen molar-refractivity contribution < 1.29 is 18.9 Å². The molecule has 0 saturated carbocycles. The molecule has 8 heteroatoms. The predicted octanol–water partition coefficient (Wildman–Crippen LogP) is 3.36. The number of nitro groups is 1. The minimum Gasteiger partial charge on any atom is -0.401 e. The van der Waals surface area contributed by atoms with Crippen molar-refractivity contribution in [2.75, 3.05) is 13.1 Å². The summed E-state index contributed by atoms with van der Waals surface area (Å²) in [5, 5.41) is 13.5. The highest BCUT2D eigenvalue weighted by Gasteiger charge is 2.23. The van der Waals surface area contributed by atoms with E-state index in [1.165, 1.54) is 18.2 Å². The van der Waals surface area contributed by atoms with Crippen molar-refractivity contribution in [1.29, 1.82) is 0 Å². The minimum atomic E-state index is -0.657. The van der Waals surface area contributed by atoms with Gasteiger partial charge in [-0.2, -0.15) is 0 Å². The lowest BCUT2D eigenvalue weighted by Crippen LogP contribution is -2.38. The molecule has 146 valence electrons. The summed E-state index contributed by atoms with van der Waals surface area (Å²) in [4.78, 5) is 37.5. The molecule has 1 aromatic carbocycles. The van der Waals surface area contributed by atoms with Gasteiger partial charge in [0.1, 0.15) is 16.4 Å². The maximum Gasteiger partial charge on any atom is 0.433 e. The lowest BCUT2D eigenvalue weighted by Gasteiger charge is -2.22. The highest BCUT2D eigenvalue weighted by Crippen LogP contribution is 2.19. The molecule has 1 saturated heterocycles. The van der Waals surface area contributed by atoms with Gasteiger partial charge >= 0.3 is 5.88 Å². The Kier molecular flexibility index (Phi) is 6.21. The van der Waals surface area contributed by atoms with E-state index < -0.39 is 16.7 Å². The van der Waals surface area contributed by atoms with Crippen LogP contribution in [0.3, 0.4) is 0 Å². The van der Waals surface area contributed by atoms with Crippen LogP contribution in [0.25, 0.3) is 6.08 Å². The molecular formula is C20H21N3O5. The van der Waals surface area contributed by atoms with Crippen LogP contribution in [0.5, 0.6) is 0 Å². The first-order valence-electron chi connectivity index (χ1n) is 9.16. The second-order valence-corrected chi connectivity index (χ2v) is 6.52. The van der Waals surface area contributed by atoms with Crippen molar-refractivity contribution in [2.24, 2.45) is 0 Å². The van der Waals surface area contributed by atoms with Gasteiger partial charge in [-0.15, -0.1) is 0 Å². The Bertz CT molecular complexity index is 880. The molecule has 0 bridgehead atoms. The Morgan fingerprint density at radius 2 is 1.71 bits per heavy atom. The lowest BCUT2D eigenvalue weighted by molar-refractivity contribution is -0.402. The average Bonchev–Trinajstić information content (AvgIpc) is 3.01. The van der Waals surface area contributed by atoms with Crippen molar-refractivity contribution in [3.8, 4) is 0 Å². The maximum atomic E-state index is 13.0. The van der Waals surface area contributed by atoms with Gasteiger partial charge in [0.25, 0.3) is 11.8 Å². The number of hydrogen-bond donors (Lipinski definition) is 1. The van der Waals surface area contributed by atoms with Crippen molar-refractivity contribution in [3.63, 3.8) is 0 Å². The number of benzene rings is 1. The molecule has 2 aromatic rings. The van der Waals surface area contributed by atoms with E-state index in [0.29, 0.717) is 18.7 Å². The van der Waals surface area contributed by atoms with Gasteiger partial charge in [-0.1, -0.05) is 31.0 Å². The Labute approximate surface area is 162 Å². The fraction of sp³-hybridized carbons (Fsp3) is 0.300. The number of hydrogen-bond acceptors (Lipinski definition) is 5. The van der Waals surface area contributed by atoms with Gasteiger partial charge in [0.2, 0.25) is 0 Å². The summed E-state index contributed by atoms with van der Waals surface area (Å²) >= 11 is 0. The first kappa shape index (κ1) is 19.3. The molecule has 1 aliphatic heterocycles. The van der Waals surface area contributed by atoms with Crippen molar-refractivity contribution in [3.05, 3.63) is 69.6 Å². The number of rotatable bonds is 5. The van der Waals surface area contributed by atoms with E-state index in [2.05, 4.69) is 5.32 Å². The number of likely N-dealkylation sites (tertiary alicyclic amines) is 1. The van der Waals surface area contributed by atoms with Crippen LogP contribution in [0.15, 0.2) is 52.6 Å². The third-order valence-corrected chi connectivity index (χ3v) is 4.49. The zero-order chi connectivity index (χ0) is 19.9. The zero-order valence-electron chi connectivity index (χ0n) is 15.3. The van der Waals surface area contributed by atoms with Crippen LogP contribution >= 0.6 is 0 Å². The highest BCUT2D eigenvalue weighted by molar-refractivity contribution is 6.05. The van der Waals surface area contributed by atoms with Crippen LogP contribution in [0.1, 0.15) is 41.8 Å². The average molecular weight is 383 g/mol. The topological polar surface area (TPSA) is 106 Å². The van der Waals surface area contributed by atoms with Crippen LogP contribution < -0.4 is 5.32 Å². The molecule has 1 aromatic heterocycles. The minimum absolute atomic E-state index is 0.0278. The third-order valence-electron chi connectivity index (χ3n) is 4.49. The molecule has 0 aliphatic carbocycles. The summed E-state index contributed by atoms with van der Waals surface area (Å²) < 4.78 is 5.13. The molecule has 1 N–H and O–H groups in total. The van der Waals surface area contributed by atoms with Gasteiger partial charge in [-0.05, 0) is 31.0 Å². The van der Waals surface area contributed by atoms with Crippen LogP contribution in [-0.2, 0) is 4.79 Å². The van der Waals surface area contributed by atoms with E-state index >= 15 is 0 Å². The number of nitrogens with one attached hydrogen (secondary N) is 1. The summed E-state index contributed by atoms with van der Waals surface area (Å²) in [6, 6.07) is 11.1. The van der Waals surface area contributed by atoms with Gasteiger partial charge < -0.3 is 14.6 Å². The number of furan rings is 1. The van der Waals surface area contributed by atoms with Gasteiger partial charge in [-0.3, -0.25) is 19.7 Å². The lowest BCUT2D eigenvalue weighted by atomic mass is 10.2. The Hall–Kier alpha value is -3.42. The standard InChI is InChI=1S/C20H21N3O5/c24-19(15-8-4-3-5-9-15)21-17(14-16-10-11-18(28-16)23(26)27)20(25)22-12-6-1-2-7-13-22/h3-5,8-11,14H,1-2,6-7,12-13H2,(H,21,24). The van der Waals surface area contributed by atoms with E-state index in [9.17, 15) is 19.7 Å². The van der Waals surface area contributed by atoms with E-state index in [4.69, 9.17) is 4.42 Å². The van der Waals surface area contributed by atoms with E-state index in [-0.39, 0.29) is 17.4 Å². The van der Waals surface area contributed by atoms with Crippen LogP contribution in [0.4, 0.5) is 5.88 Å². The molecule has 0 spiro atoms. The molecule has 0 unspecified atom stereocenters. The number of amides is 2. The van der Waals surface area contributed by atoms with E-state index in [1.807, 2.05) is 0 Å². The maximum absolute atomic E-state index is 13.0. The van der Waals surface area contributed by atoms with Gasteiger partial charge in [-0.25, -0.2) is 0 Å². The van der Waals surface area contributed by atoms with Crippen LogP contribution in [0.2, 0.25) is 0 Å². The molecular weight excluding hydrogens is 362 g/mol. The van der Waals surface area contributed by atoms with Gasteiger partial charge in [0.15, 0.2) is 0 Å². The Balaban J connectivity index is 1.87. The molecule has 1 aliphatic rings. The summed E-state index contributed by atoms with van der Waals surface area (Å²) in [7, 11) is 0. The second-order valence-electron chi connectivity index (χ2n) is 6.52. The number of carbonyl (C=O) groups excluding carboxylic acids is 2. The van der Waals surface area contributed by atoms with Crippen LogP contribution in [-0.4, -0.2) is 34.7 Å².